The predicted molar refractivity (Wildman–Crippen MR) is 178 cm³/mol. The molecule has 0 aromatic heterocycles. The summed E-state index contributed by atoms with van der Waals surface area (Å²) in [6, 6.07) is 0. The van der Waals surface area contributed by atoms with Gasteiger partial charge in [-0.1, -0.05) is 42.0 Å². The first-order valence-corrected chi connectivity index (χ1v) is 17.0. The van der Waals surface area contributed by atoms with E-state index >= 15 is 4.79 Å². The van der Waals surface area contributed by atoms with Crippen LogP contribution in [0.5, 0.6) is 0 Å². The second-order valence-corrected chi connectivity index (χ2v) is 15.2. The van der Waals surface area contributed by atoms with Crippen LogP contribution in [0, 0.1) is 23.7 Å². The summed E-state index contributed by atoms with van der Waals surface area (Å²) < 4.78 is 27.1. The molecular weight excluding hydrogens is 612 g/mol. The molecule has 258 valence electrons. The number of allylic oxidation sites excluding steroid dienone is 5. The molecule has 3 saturated carbocycles. The highest BCUT2D eigenvalue weighted by molar-refractivity contribution is 6.01. The number of aliphatic hydroxyl groups is 1. The number of carboxylic acid groups (broad SMARTS) is 1. The van der Waals surface area contributed by atoms with Gasteiger partial charge in [0.05, 0.1) is 23.7 Å². The smallest absolute Gasteiger partial charge is 0.330 e. The van der Waals surface area contributed by atoms with Crippen LogP contribution in [0.15, 0.2) is 82.4 Å². The molecule has 3 aliphatic heterocycles. The minimum absolute atomic E-state index is 0.0636. The summed E-state index contributed by atoms with van der Waals surface area (Å²) in [5, 5.41) is 21.8. The van der Waals surface area contributed by atoms with Crippen LogP contribution in [0.3, 0.4) is 0 Å². The lowest BCUT2D eigenvalue weighted by molar-refractivity contribution is -0.259. The normalized spacial score (nSPS) is 39.1. The van der Waals surface area contributed by atoms with Crippen molar-refractivity contribution in [1.29, 1.82) is 0 Å². The zero-order valence-electron chi connectivity index (χ0n) is 29.2. The number of Topliss-reactive ketones (excluding diaryl/α,β-unsaturated/α-hetero) is 2. The van der Waals surface area contributed by atoms with Crippen LogP contribution in [0.4, 0.5) is 0 Å². The molecule has 0 radical (unpaired) electrons. The molecule has 0 amide bonds. The highest BCUT2D eigenvalue weighted by Gasteiger charge is 2.86. The van der Waals surface area contributed by atoms with Gasteiger partial charge in [0, 0.05) is 41.6 Å². The Hall–Kier alpha value is -3.53. The molecule has 5 fully saturated rings. The number of rotatable bonds is 9. The van der Waals surface area contributed by atoms with E-state index in [-0.39, 0.29) is 35.9 Å². The Kier molecular flexibility index (Phi) is 8.25. The number of carbonyl (C=O) groups excluding carboxylic acids is 2. The van der Waals surface area contributed by atoms with E-state index in [1.807, 2.05) is 78.8 Å². The lowest BCUT2D eigenvalue weighted by atomic mass is 9.44. The fourth-order valence-corrected chi connectivity index (χ4v) is 9.09. The maximum Gasteiger partial charge on any atom is 0.330 e. The summed E-state index contributed by atoms with van der Waals surface area (Å²) >= 11 is 0. The molecule has 0 aromatic carbocycles. The number of ketones is 2. The second kappa shape index (κ2) is 11.5. The van der Waals surface area contributed by atoms with E-state index in [0.29, 0.717) is 29.7 Å². The van der Waals surface area contributed by atoms with Gasteiger partial charge in [-0.15, -0.1) is 0 Å². The average molecular weight is 661 g/mol. The number of hydrogen-bond acceptors (Lipinski definition) is 8. The number of hydrogen-bond donors (Lipinski definition) is 2. The van der Waals surface area contributed by atoms with Crippen LogP contribution in [0.2, 0.25) is 0 Å². The van der Waals surface area contributed by atoms with Crippen LogP contribution >= 0.6 is 0 Å². The molecule has 2 unspecified atom stereocenters. The summed E-state index contributed by atoms with van der Waals surface area (Å²) in [6.45, 7) is 19.1. The molecule has 48 heavy (non-hydrogen) atoms. The quantitative estimate of drug-likeness (QED) is 0.177. The zero-order chi connectivity index (χ0) is 35.1. The molecule has 1 spiro atoms. The van der Waals surface area contributed by atoms with Crippen molar-refractivity contribution >= 4 is 17.5 Å². The topological polar surface area (TPSA) is 129 Å². The lowest BCUT2D eigenvalue weighted by Crippen LogP contribution is -2.80. The number of aliphatic carboxylic acids is 1. The highest BCUT2D eigenvalue weighted by Crippen LogP contribution is 2.71. The molecule has 7 rings (SSSR count). The van der Waals surface area contributed by atoms with E-state index in [2.05, 4.69) is 6.58 Å². The Morgan fingerprint density at radius 2 is 1.83 bits per heavy atom. The number of carbonyl (C=O) groups is 3. The number of ether oxygens (including phenoxy) is 4. The van der Waals surface area contributed by atoms with E-state index < -0.39 is 64.3 Å². The molecule has 9 atom stereocenters. The zero-order valence-corrected chi connectivity index (χ0v) is 29.2. The van der Waals surface area contributed by atoms with E-state index in [1.165, 1.54) is 13.0 Å². The summed E-state index contributed by atoms with van der Waals surface area (Å²) in [6.07, 6.45) is 9.62. The van der Waals surface area contributed by atoms with E-state index in [9.17, 15) is 19.8 Å². The van der Waals surface area contributed by atoms with Crippen molar-refractivity contribution in [2.75, 3.05) is 6.61 Å². The summed E-state index contributed by atoms with van der Waals surface area (Å²) in [7, 11) is 0. The van der Waals surface area contributed by atoms with Crippen molar-refractivity contribution in [2.45, 2.75) is 109 Å². The van der Waals surface area contributed by atoms with E-state index in [4.69, 9.17) is 18.9 Å². The molecule has 3 heterocycles. The predicted octanol–water partition coefficient (Wildman–Crippen LogP) is 5.87. The van der Waals surface area contributed by atoms with Crippen LogP contribution in [0.1, 0.15) is 74.7 Å². The van der Waals surface area contributed by atoms with E-state index in [1.54, 1.807) is 0 Å². The Bertz CT molecular complexity index is 1660. The number of aliphatic hydroxyl groups excluding tert-OH is 1. The molecule has 9 nitrogen and oxygen atoms in total. The Morgan fingerprint density at radius 1 is 1.12 bits per heavy atom. The van der Waals surface area contributed by atoms with Gasteiger partial charge in [-0.3, -0.25) is 9.59 Å². The largest absolute Gasteiger partial charge is 0.485 e. The molecule has 7 aliphatic rings. The minimum atomic E-state index is -1.65. The Labute approximate surface area is 282 Å². The van der Waals surface area contributed by atoms with Gasteiger partial charge >= 0.3 is 5.97 Å². The van der Waals surface area contributed by atoms with Gasteiger partial charge in [-0.25, -0.2) is 4.79 Å². The molecule has 2 N–H and O–H groups in total. The maximum absolute atomic E-state index is 15.2. The molecule has 0 aromatic rings. The molecule has 9 heteroatoms. The van der Waals surface area contributed by atoms with Crippen molar-refractivity contribution in [3.63, 3.8) is 0 Å². The van der Waals surface area contributed by atoms with Crippen LogP contribution in [-0.4, -0.2) is 69.0 Å². The number of carboxylic acids is 1. The highest BCUT2D eigenvalue weighted by atomic mass is 16.6. The molecule has 4 aliphatic carbocycles. The van der Waals surface area contributed by atoms with Gasteiger partial charge < -0.3 is 29.2 Å². The van der Waals surface area contributed by atoms with Crippen LogP contribution in [0.25, 0.3) is 0 Å². The van der Waals surface area contributed by atoms with Crippen molar-refractivity contribution in [2.24, 2.45) is 23.7 Å². The van der Waals surface area contributed by atoms with Crippen molar-refractivity contribution in [3.05, 3.63) is 82.4 Å². The first-order valence-electron chi connectivity index (χ1n) is 17.0. The fourth-order valence-electron chi connectivity index (χ4n) is 9.09. The Balaban J connectivity index is 1.61. The van der Waals surface area contributed by atoms with Gasteiger partial charge in [-0.05, 0) is 80.4 Å². The minimum Gasteiger partial charge on any atom is -0.485 e. The molecule has 2 saturated heterocycles. The van der Waals surface area contributed by atoms with Gasteiger partial charge in [0.25, 0.3) is 0 Å². The third-order valence-electron chi connectivity index (χ3n) is 11.2. The summed E-state index contributed by atoms with van der Waals surface area (Å²) in [5.41, 5.74) is -1.86. The monoisotopic (exact) mass is 660 g/mol. The lowest BCUT2D eigenvalue weighted by Gasteiger charge is -2.64. The summed E-state index contributed by atoms with van der Waals surface area (Å²) in [4.78, 5) is 41.8. The van der Waals surface area contributed by atoms with Gasteiger partial charge in [0.2, 0.25) is 0 Å². The SMILES string of the molecule is C=C(C)/C=C/[C@]1(C)C=CC2=C(O1)C(CC=C(C)C)=C1O[C@]34C(C(=O)[C@@H]1C2O)[C@@H](OCC)[C@@H]1C[C@H]3C(C)(C)O[C@@]4(C/C=C(\C)C(=O)O)C1=O. The third-order valence-corrected chi connectivity index (χ3v) is 11.2. The van der Waals surface area contributed by atoms with Crippen LogP contribution in [-0.2, 0) is 33.3 Å². The standard InChI is InChI=1S/C39H48O9/c1-10-45-33-25-19-26-36(7,8)48-38(34(25)42,18-14-22(6)35(43)44)39(26)28(33)30(41)27-29(40)23-15-17-37(9,16-13-21(4)5)46-31(23)24(32(27)47-39)12-11-20(2)3/h11,13-17,25-29,33,40H,4,10,12,18-19H2,1-3,5-9H3,(H,43,44)/b16-13+,22-14+/t25-,26-,27-,28?,29?,33-,37+,38-,39-/m0/s1. The maximum atomic E-state index is 15.2. The van der Waals surface area contributed by atoms with Crippen molar-refractivity contribution in [3.8, 4) is 0 Å². The first kappa shape index (κ1) is 34.3. The molecular formula is C39H48O9. The van der Waals surface area contributed by atoms with Crippen molar-refractivity contribution in [1.82, 2.24) is 0 Å². The fraction of sp³-hybridized carbons (Fsp3) is 0.564. The molecule has 4 bridgehead atoms. The van der Waals surface area contributed by atoms with E-state index in [0.717, 1.165) is 11.1 Å². The van der Waals surface area contributed by atoms with Gasteiger partial charge in [0.1, 0.15) is 23.0 Å². The third kappa shape index (κ3) is 4.79. The van der Waals surface area contributed by atoms with Gasteiger partial charge in [0.15, 0.2) is 22.8 Å². The average Bonchev–Trinajstić information content (AvgIpc) is 3.14. The second-order valence-electron chi connectivity index (χ2n) is 15.2. The first-order chi connectivity index (χ1) is 22.4. The van der Waals surface area contributed by atoms with Crippen molar-refractivity contribution < 1.29 is 43.5 Å². The van der Waals surface area contributed by atoms with Gasteiger partial charge in [-0.2, -0.15) is 0 Å². The Morgan fingerprint density at radius 3 is 2.46 bits per heavy atom. The summed E-state index contributed by atoms with van der Waals surface area (Å²) in [5.74, 6) is -3.95. The number of fused-ring (bicyclic) bond motifs is 1. The van der Waals surface area contributed by atoms with Crippen LogP contribution < -0.4 is 0 Å².